The van der Waals surface area contributed by atoms with E-state index in [1.807, 2.05) is 0 Å². The van der Waals surface area contributed by atoms with Crippen molar-refractivity contribution in [1.82, 2.24) is 0 Å². The second-order valence-electron chi connectivity index (χ2n) is 7.75. The number of alkyl halides is 3. The highest BCUT2D eigenvalue weighted by Crippen LogP contribution is 2.32. The molecule has 0 heterocycles. The van der Waals surface area contributed by atoms with E-state index in [0.717, 1.165) is 44.2 Å². The molecule has 0 amide bonds. The van der Waals surface area contributed by atoms with Crippen molar-refractivity contribution in [2.24, 2.45) is 0 Å². The molecule has 0 radical (unpaired) electrons. The Kier molecular flexibility index (Phi) is 8.54. The van der Waals surface area contributed by atoms with Gasteiger partial charge in [-0.15, -0.1) is 0 Å². The van der Waals surface area contributed by atoms with Crippen LogP contribution in [0.4, 0.5) is 23.7 Å². The van der Waals surface area contributed by atoms with Gasteiger partial charge < -0.3 is 18.9 Å². The second kappa shape index (κ2) is 11.4. The summed E-state index contributed by atoms with van der Waals surface area (Å²) in [5, 5.41) is 0. The van der Waals surface area contributed by atoms with Crippen LogP contribution in [-0.2, 0) is 31.4 Å². The average Bonchev–Trinajstić information content (AvgIpc) is 2.80. The summed E-state index contributed by atoms with van der Waals surface area (Å²) in [7, 11) is -1.95. The minimum atomic E-state index is -4.54. The smallest absolute Gasteiger partial charge is 0.431 e. The molecule has 0 saturated heterocycles. The molecule has 1 atom stereocenters. The summed E-state index contributed by atoms with van der Waals surface area (Å²) in [6, 6.07) is 8.65. The molecule has 1 aliphatic carbocycles. The van der Waals surface area contributed by atoms with Crippen molar-refractivity contribution >= 4 is 28.8 Å². The van der Waals surface area contributed by atoms with Crippen LogP contribution in [0.15, 0.2) is 47.4 Å². The quantitative estimate of drug-likeness (QED) is 0.385. The first-order valence-corrected chi connectivity index (χ1v) is 11.8. The first-order valence-electron chi connectivity index (χ1n) is 10.6. The van der Waals surface area contributed by atoms with Gasteiger partial charge in [-0.2, -0.15) is 13.2 Å². The van der Waals surface area contributed by atoms with Crippen LogP contribution in [0.2, 0.25) is 0 Å². The molecule has 0 aromatic heterocycles. The van der Waals surface area contributed by atoms with E-state index >= 15 is 0 Å². The zero-order chi connectivity index (χ0) is 24.7. The Labute approximate surface area is 197 Å². The SMILES string of the molecule is Cc1ccc(C(F)(F)F)cc1NS(=O)c1cccc(C(=O)OCOC(=O)OC2CCCCC2)c1. The summed E-state index contributed by atoms with van der Waals surface area (Å²) in [5.74, 6) is -0.834. The molecule has 184 valence electrons. The van der Waals surface area contributed by atoms with Gasteiger partial charge in [0, 0.05) is 0 Å². The number of hydrogen-bond acceptors (Lipinski definition) is 6. The van der Waals surface area contributed by atoms with E-state index in [9.17, 15) is 27.0 Å². The molecule has 3 rings (SSSR count). The van der Waals surface area contributed by atoms with E-state index in [-0.39, 0.29) is 22.3 Å². The molecule has 1 N–H and O–H groups in total. The van der Waals surface area contributed by atoms with Crippen LogP contribution in [-0.4, -0.2) is 29.2 Å². The Morgan fingerprint density at radius 3 is 2.50 bits per heavy atom. The normalized spacial score (nSPS) is 15.3. The summed E-state index contributed by atoms with van der Waals surface area (Å²) in [5.41, 5.74) is -0.338. The van der Waals surface area contributed by atoms with Crippen LogP contribution in [0.3, 0.4) is 0 Å². The van der Waals surface area contributed by atoms with Gasteiger partial charge in [-0.3, -0.25) is 0 Å². The molecule has 11 heteroatoms. The van der Waals surface area contributed by atoms with Crippen LogP contribution >= 0.6 is 0 Å². The van der Waals surface area contributed by atoms with Gasteiger partial charge in [-0.25, -0.2) is 13.8 Å². The summed E-state index contributed by atoms with van der Waals surface area (Å²) >= 11 is 0. The maximum atomic E-state index is 13.0. The predicted octanol–water partition coefficient (Wildman–Crippen LogP) is 5.75. The summed E-state index contributed by atoms with van der Waals surface area (Å²) < 4.78 is 69.0. The van der Waals surface area contributed by atoms with Crippen molar-refractivity contribution in [3.05, 3.63) is 59.2 Å². The fraction of sp³-hybridized carbons (Fsp3) is 0.391. The Morgan fingerprint density at radius 1 is 1.06 bits per heavy atom. The Bertz CT molecular complexity index is 1050. The number of rotatable bonds is 7. The zero-order valence-electron chi connectivity index (χ0n) is 18.4. The standard InChI is InChI=1S/C23H24F3NO6S/c1-15-10-11-17(23(24,25)26)13-20(15)27-34(30)19-9-5-6-16(12-19)21(28)31-14-32-22(29)33-18-7-3-2-4-8-18/h5-6,9-13,18,27H,2-4,7-8,14H2,1H3. The summed E-state index contributed by atoms with van der Waals surface area (Å²) in [4.78, 5) is 24.1. The zero-order valence-corrected chi connectivity index (χ0v) is 19.2. The highest BCUT2D eigenvalue weighted by atomic mass is 32.2. The summed E-state index contributed by atoms with van der Waals surface area (Å²) in [6.07, 6.45) is -1.06. The molecular weight excluding hydrogens is 475 g/mol. The Balaban J connectivity index is 1.56. The number of carbonyl (C=O) groups excluding carboxylic acids is 2. The largest absolute Gasteiger partial charge is 0.511 e. The Hall–Kier alpha value is -3.08. The maximum absolute atomic E-state index is 13.0. The van der Waals surface area contributed by atoms with Crippen LogP contribution in [0.5, 0.6) is 0 Å². The number of carbonyl (C=O) groups is 2. The molecule has 0 aliphatic heterocycles. The number of nitrogens with one attached hydrogen (secondary N) is 1. The second-order valence-corrected chi connectivity index (χ2v) is 8.96. The first-order chi connectivity index (χ1) is 16.1. The lowest BCUT2D eigenvalue weighted by Gasteiger charge is -2.21. The highest BCUT2D eigenvalue weighted by molar-refractivity contribution is 7.86. The lowest BCUT2D eigenvalue weighted by atomic mass is 9.98. The van der Waals surface area contributed by atoms with E-state index < -0.39 is 41.6 Å². The molecule has 1 fully saturated rings. The van der Waals surface area contributed by atoms with Crippen molar-refractivity contribution in [2.75, 3.05) is 11.5 Å². The minimum Gasteiger partial charge on any atom is -0.431 e. The highest BCUT2D eigenvalue weighted by Gasteiger charge is 2.31. The van der Waals surface area contributed by atoms with Gasteiger partial charge in [0.15, 0.2) is 0 Å². The number of hydrogen-bond donors (Lipinski definition) is 1. The number of esters is 1. The number of aryl methyl sites for hydroxylation is 1. The predicted molar refractivity (Wildman–Crippen MR) is 117 cm³/mol. The Morgan fingerprint density at radius 2 is 1.79 bits per heavy atom. The van der Waals surface area contributed by atoms with Gasteiger partial charge in [0.2, 0.25) is 6.79 Å². The van der Waals surface area contributed by atoms with E-state index in [4.69, 9.17) is 14.2 Å². The number of halogens is 3. The van der Waals surface area contributed by atoms with Crippen molar-refractivity contribution in [2.45, 2.75) is 56.2 Å². The average molecular weight is 500 g/mol. The summed E-state index contributed by atoms with van der Waals surface area (Å²) in [6.45, 7) is 0.923. The van der Waals surface area contributed by atoms with Gasteiger partial charge in [-0.05, 0) is 68.5 Å². The van der Waals surface area contributed by atoms with Gasteiger partial charge in [0.05, 0.1) is 21.7 Å². The van der Waals surface area contributed by atoms with E-state index in [1.54, 1.807) is 6.92 Å². The van der Waals surface area contributed by atoms with E-state index in [2.05, 4.69) is 4.72 Å². The first kappa shape index (κ1) is 25.5. The third-order valence-corrected chi connectivity index (χ3v) is 6.32. The van der Waals surface area contributed by atoms with Gasteiger partial charge >= 0.3 is 18.3 Å². The molecule has 2 aromatic rings. The van der Waals surface area contributed by atoms with Crippen LogP contribution in [0.1, 0.15) is 53.6 Å². The van der Waals surface area contributed by atoms with Crippen molar-refractivity contribution in [1.29, 1.82) is 0 Å². The number of anilines is 1. The van der Waals surface area contributed by atoms with E-state index in [0.29, 0.717) is 5.56 Å². The molecular formula is C23H24F3NO6S. The number of ether oxygens (including phenoxy) is 3. The molecule has 1 aliphatic rings. The van der Waals surface area contributed by atoms with Gasteiger partial charge in [-0.1, -0.05) is 18.6 Å². The van der Waals surface area contributed by atoms with Crippen LogP contribution < -0.4 is 4.72 Å². The molecule has 2 aromatic carbocycles. The minimum absolute atomic E-state index is 0.0256. The number of benzene rings is 2. The lowest BCUT2D eigenvalue weighted by molar-refractivity contribution is -0.137. The molecule has 1 saturated carbocycles. The van der Waals surface area contributed by atoms with Crippen LogP contribution in [0, 0.1) is 6.92 Å². The lowest BCUT2D eigenvalue weighted by Crippen LogP contribution is -2.22. The van der Waals surface area contributed by atoms with E-state index in [1.165, 1.54) is 30.3 Å². The van der Waals surface area contributed by atoms with Gasteiger partial charge in [0.1, 0.15) is 17.1 Å². The van der Waals surface area contributed by atoms with Crippen molar-refractivity contribution < 1.29 is 41.2 Å². The topological polar surface area (TPSA) is 90.9 Å². The third kappa shape index (κ3) is 7.21. The molecule has 34 heavy (non-hydrogen) atoms. The van der Waals surface area contributed by atoms with Crippen LogP contribution in [0.25, 0.3) is 0 Å². The maximum Gasteiger partial charge on any atom is 0.511 e. The molecule has 0 bridgehead atoms. The fourth-order valence-electron chi connectivity index (χ4n) is 3.37. The van der Waals surface area contributed by atoms with Crippen molar-refractivity contribution in [3.63, 3.8) is 0 Å². The fourth-order valence-corrected chi connectivity index (χ4v) is 4.35. The molecule has 0 spiro atoms. The van der Waals surface area contributed by atoms with Gasteiger partial charge in [0.25, 0.3) is 0 Å². The van der Waals surface area contributed by atoms with Crippen molar-refractivity contribution in [3.8, 4) is 0 Å². The molecule has 1 unspecified atom stereocenters. The monoisotopic (exact) mass is 499 g/mol. The third-order valence-electron chi connectivity index (χ3n) is 5.23. The molecule has 7 nitrogen and oxygen atoms in total.